The van der Waals surface area contributed by atoms with E-state index >= 15 is 0 Å². The molecule has 0 radical (unpaired) electrons. The Kier molecular flexibility index (Phi) is 4.60. The zero-order valence-electron chi connectivity index (χ0n) is 17.2. The Morgan fingerprint density at radius 3 is 2.65 bits per heavy atom. The van der Waals surface area contributed by atoms with Crippen molar-refractivity contribution in [1.82, 2.24) is 5.32 Å². The van der Waals surface area contributed by atoms with Gasteiger partial charge in [-0.3, -0.25) is 4.79 Å². The molecule has 0 bridgehead atoms. The third-order valence-electron chi connectivity index (χ3n) is 8.91. The maximum atomic E-state index is 12.0. The highest BCUT2D eigenvalue weighted by molar-refractivity contribution is 5.76. The lowest BCUT2D eigenvalue weighted by Gasteiger charge is -2.58. The molecule has 2 heteroatoms. The minimum atomic E-state index is 0.247. The second kappa shape index (κ2) is 6.53. The van der Waals surface area contributed by atoms with Crippen molar-refractivity contribution in [2.75, 3.05) is 0 Å². The molecular formula is C24H37NO. The van der Waals surface area contributed by atoms with Gasteiger partial charge in [0.2, 0.25) is 5.91 Å². The topological polar surface area (TPSA) is 29.1 Å². The van der Waals surface area contributed by atoms with Crippen LogP contribution < -0.4 is 5.32 Å². The summed E-state index contributed by atoms with van der Waals surface area (Å²) in [6.45, 7) is 9.54. The SMILES string of the molecule is CCCC(=O)N[C@@H]1CCC2(C)C(=CCC3C4CC=C(C)C4(C)CC[C@@H]32)C1. The second-order valence-electron chi connectivity index (χ2n) is 10.1. The van der Waals surface area contributed by atoms with Gasteiger partial charge in [0, 0.05) is 12.5 Å². The number of carbonyl (C=O) groups is 1. The molecule has 2 saturated carbocycles. The van der Waals surface area contributed by atoms with Gasteiger partial charge in [0.05, 0.1) is 0 Å². The number of allylic oxidation sites excluding steroid dienone is 3. The molecule has 0 aromatic carbocycles. The van der Waals surface area contributed by atoms with Crippen LogP contribution in [-0.2, 0) is 4.79 Å². The van der Waals surface area contributed by atoms with Crippen molar-refractivity contribution in [2.24, 2.45) is 28.6 Å². The Bertz CT molecular complexity index is 647. The van der Waals surface area contributed by atoms with Gasteiger partial charge in [-0.25, -0.2) is 0 Å². The summed E-state index contributed by atoms with van der Waals surface area (Å²) < 4.78 is 0. The largest absolute Gasteiger partial charge is 0.353 e. The first-order chi connectivity index (χ1) is 12.4. The third kappa shape index (κ3) is 2.70. The molecule has 0 aliphatic heterocycles. The van der Waals surface area contributed by atoms with Crippen LogP contribution in [0.15, 0.2) is 23.3 Å². The highest BCUT2D eigenvalue weighted by Gasteiger charge is 2.55. The molecule has 4 aliphatic carbocycles. The van der Waals surface area contributed by atoms with Crippen LogP contribution in [0, 0.1) is 28.6 Å². The highest BCUT2D eigenvalue weighted by atomic mass is 16.1. The maximum Gasteiger partial charge on any atom is 0.220 e. The Labute approximate surface area is 159 Å². The summed E-state index contributed by atoms with van der Waals surface area (Å²) in [5.41, 5.74) is 4.17. The smallest absolute Gasteiger partial charge is 0.220 e. The molecule has 4 aliphatic rings. The monoisotopic (exact) mass is 355 g/mol. The standard InChI is InChI=1S/C24H37NO/c1-5-6-22(26)25-18-11-13-24(4)17(15-18)8-9-19-20-10-7-16(2)23(20,3)14-12-21(19)24/h7-8,18-21H,5-6,9-15H2,1-4H3,(H,25,26)/t18-,19?,20?,21+,23?,24?/m1/s1. The summed E-state index contributed by atoms with van der Waals surface area (Å²) >= 11 is 0. The number of amides is 1. The average molecular weight is 356 g/mol. The normalized spacial score (nSPS) is 44.3. The van der Waals surface area contributed by atoms with Gasteiger partial charge in [-0.1, -0.05) is 44.1 Å². The van der Waals surface area contributed by atoms with E-state index in [1.807, 2.05) is 0 Å². The summed E-state index contributed by atoms with van der Waals surface area (Å²) in [5.74, 6) is 2.82. The predicted octanol–water partition coefficient (Wildman–Crippen LogP) is 5.79. The van der Waals surface area contributed by atoms with Crippen LogP contribution >= 0.6 is 0 Å². The molecule has 4 unspecified atom stereocenters. The first-order valence-corrected chi connectivity index (χ1v) is 11.0. The van der Waals surface area contributed by atoms with E-state index in [0.29, 0.717) is 23.3 Å². The van der Waals surface area contributed by atoms with E-state index in [2.05, 4.69) is 45.2 Å². The molecule has 0 heterocycles. The summed E-state index contributed by atoms with van der Waals surface area (Å²) in [7, 11) is 0. The molecular weight excluding hydrogens is 318 g/mol. The number of nitrogens with one attached hydrogen (secondary N) is 1. The molecule has 2 nitrogen and oxygen atoms in total. The summed E-state index contributed by atoms with van der Waals surface area (Å²) in [6, 6.07) is 0.370. The zero-order chi connectivity index (χ0) is 18.5. The molecule has 4 rings (SSSR count). The van der Waals surface area contributed by atoms with Gasteiger partial charge in [-0.2, -0.15) is 0 Å². The third-order valence-corrected chi connectivity index (χ3v) is 8.91. The first-order valence-electron chi connectivity index (χ1n) is 11.0. The van der Waals surface area contributed by atoms with Crippen molar-refractivity contribution in [1.29, 1.82) is 0 Å². The number of hydrogen-bond acceptors (Lipinski definition) is 1. The van der Waals surface area contributed by atoms with Gasteiger partial charge in [0.25, 0.3) is 0 Å². The van der Waals surface area contributed by atoms with Crippen molar-refractivity contribution in [2.45, 2.75) is 91.5 Å². The van der Waals surface area contributed by atoms with Crippen LogP contribution in [0.1, 0.15) is 85.5 Å². The molecule has 144 valence electrons. The van der Waals surface area contributed by atoms with Crippen molar-refractivity contribution >= 4 is 5.91 Å². The second-order valence-corrected chi connectivity index (χ2v) is 10.1. The number of hydrogen-bond donors (Lipinski definition) is 1. The minimum Gasteiger partial charge on any atom is -0.353 e. The van der Waals surface area contributed by atoms with E-state index in [1.165, 1.54) is 32.1 Å². The van der Waals surface area contributed by atoms with E-state index in [4.69, 9.17) is 0 Å². The fraction of sp³-hybridized carbons (Fsp3) is 0.792. The maximum absolute atomic E-state index is 12.0. The van der Waals surface area contributed by atoms with Crippen molar-refractivity contribution in [3.8, 4) is 0 Å². The van der Waals surface area contributed by atoms with Crippen molar-refractivity contribution < 1.29 is 4.79 Å². The molecule has 6 atom stereocenters. The van der Waals surface area contributed by atoms with E-state index in [9.17, 15) is 4.79 Å². The molecule has 26 heavy (non-hydrogen) atoms. The molecule has 1 amide bonds. The first kappa shape index (κ1) is 18.3. The lowest BCUT2D eigenvalue weighted by molar-refractivity contribution is -0.122. The van der Waals surface area contributed by atoms with Crippen LogP contribution in [0.25, 0.3) is 0 Å². The fourth-order valence-corrected chi connectivity index (χ4v) is 7.09. The van der Waals surface area contributed by atoms with Gasteiger partial charge in [-0.05, 0) is 86.9 Å². The Morgan fingerprint density at radius 2 is 1.88 bits per heavy atom. The summed E-state index contributed by atoms with van der Waals surface area (Å²) in [4.78, 5) is 12.0. The average Bonchev–Trinajstić information content (AvgIpc) is 2.91. The summed E-state index contributed by atoms with van der Waals surface area (Å²) in [5, 5.41) is 3.30. The van der Waals surface area contributed by atoms with E-state index in [1.54, 1.807) is 11.1 Å². The molecule has 0 spiro atoms. The van der Waals surface area contributed by atoms with Crippen LogP contribution in [0.4, 0.5) is 0 Å². The number of rotatable bonds is 3. The van der Waals surface area contributed by atoms with E-state index in [-0.39, 0.29) is 5.91 Å². The molecule has 0 aromatic rings. The number of fused-ring (bicyclic) bond motifs is 5. The van der Waals surface area contributed by atoms with Gasteiger partial charge in [0.1, 0.15) is 0 Å². The molecule has 0 saturated heterocycles. The van der Waals surface area contributed by atoms with Crippen molar-refractivity contribution in [3.05, 3.63) is 23.3 Å². The van der Waals surface area contributed by atoms with Crippen LogP contribution in [0.3, 0.4) is 0 Å². The van der Waals surface area contributed by atoms with E-state index in [0.717, 1.165) is 37.0 Å². The predicted molar refractivity (Wildman–Crippen MR) is 108 cm³/mol. The van der Waals surface area contributed by atoms with Crippen LogP contribution in [0.2, 0.25) is 0 Å². The molecule has 0 aromatic heterocycles. The Morgan fingerprint density at radius 1 is 1.12 bits per heavy atom. The van der Waals surface area contributed by atoms with Gasteiger partial charge >= 0.3 is 0 Å². The van der Waals surface area contributed by atoms with Gasteiger partial charge in [-0.15, -0.1) is 0 Å². The quantitative estimate of drug-likeness (QED) is 0.638. The Balaban J connectivity index is 1.52. The van der Waals surface area contributed by atoms with Gasteiger partial charge < -0.3 is 5.32 Å². The van der Waals surface area contributed by atoms with Gasteiger partial charge in [0.15, 0.2) is 0 Å². The molecule has 2 fully saturated rings. The zero-order valence-corrected chi connectivity index (χ0v) is 17.2. The lowest BCUT2D eigenvalue weighted by atomic mass is 9.47. The van der Waals surface area contributed by atoms with E-state index < -0.39 is 0 Å². The summed E-state index contributed by atoms with van der Waals surface area (Å²) in [6.07, 6.45) is 15.6. The highest BCUT2D eigenvalue weighted by Crippen LogP contribution is 2.64. The molecule has 1 N–H and O–H groups in total. The lowest BCUT2D eigenvalue weighted by Crippen LogP contribution is -2.51. The van der Waals surface area contributed by atoms with Crippen LogP contribution in [0.5, 0.6) is 0 Å². The van der Waals surface area contributed by atoms with Crippen molar-refractivity contribution in [3.63, 3.8) is 0 Å². The Hall–Kier alpha value is -1.05. The van der Waals surface area contributed by atoms with Crippen LogP contribution in [-0.4, -0.2) is 11.9 Å². The fourth-order valence-electron chi connectivity index (χ4n) is 7.09. The minimum absolute atomic E-state index is 0.247. The number of carbonyl (C=O) groups excluding carboxylic acids is 1.